The fourth-order valence-electron chi connectivity index (χ4n) is 3.15. The van der Waals surface area contributed by atoms with Crippen molar-refractivity contribution in [1.29, 1.82) is 0 Å². The molecular formula is C19H24N2O2. The maximum atomic E-state index is 12.5. The summed E-state index contributed by atoms with van der Waals surface area (Å²) in [5, 5.41) is 4.25. The quantitative estimate of drug-likeness (QED) is 0.756. The third kappa shape index (κ3) is 3.46. The van der Waals surface area contributed by atoms with Crippen LogP contribution in [0.5, 0.6) is 0 Å². The van der Waals surface area contributed by atoms with E-state index in [1.165, 1.54) is 12.0 Å². The molecule has 0 N–H and O–H groups in total. The van der Waals surface area contributed by atoms with Crippen molar-refractivity contribution in [3.8, 4) is 0 Å². The fraction of sp³-hybridized carbons (Fsp3) is 0.474. The minimum Gasteiger partial charge on any atom is -0.390 e. The molecule has 1 aliphatic carbocycles. The Morgan fingerprint density at radius 2 is 2.22 bits per heavy atom. The molecule has 0 bridgehead atoms. The Balaban J connectivity index is 1.61. The lowest BCUT2D eigenvalue weighted by Crippen LogP contribution is -2.43. The van der Waals surface area contributed by atoms with Gasteiger partial charge in [0.05, 0.1) is 12.3 Å². The number of carbonyl (C=O) groups is 1. The van der Waals surface area contributed by atoms with E-state index in [1.807, 2.05) is 17.0 Å². The summed E-state index contributed by atoms with van der Waals surface area (Å²) in [7, 11) is 0. The number of hydrogen-bond acceptors (Lipinski definition) is 3. The first-order valence-corrected chi connectivity index (χ1v) is 8.37. The maximum absolute atomic E-state index is 12.5. The lowest BCUT2D eigenvalue weighted by atomic mass is 9.84. The topological polar surface area (TPSA) is 41.9 Å². The summed E-state index contributed by atoms with van der Waals surface area (Å²) in [4.78, 5) is 20.0. The first-order chi connectivity index (χ1) is 11.2. The summed E-state index contributed by atoms with van der Waals surface area (Å²) in [6.45, 7) is 7.01. The Hall–Kier alpha value is -2.10. The van der Waals surface area contributed by atoms with Crippen molar-refractivity contribution in [2.45, 2.75) is 38.7 Å². The Bertz CT molecular complexity index is 620. The maximum Gasteiger partial charge on any atom is 0.226 e. The van der Waals surface area contributed by atoms with Gasteiger partial charge in [-0.3, -0.25) is 4.79 Å². The third-order valence-corrected chi connectivity index (χ3v) is 4.73. The Kier molecular flexibility index (Phi) is 4.79. The Morgan fingerprint density at radius 3 is 2.87 bits per heavy atom. The van der Waals surface area contributed by atoms with E-state index < -0.39 is 0 Å². The van der Waals surface area contributed by atoms with Crippen LogP contribution in [0.1, 0.15) is 36.8 Å². The summed E-state index contributed by atoms with van der Waals surface area (Å²) in [6, 6.07) is 8.19. The zero-order valence-electron chi connectivity index (χ0n) is 13.7. The third-order valence-electron chi connectivity index (χ3n) is 4.73. The number of nitrogens with zero attached hydrogens (tertiary/aromatic N) is 2. The van der Waals surface area contributed by atoms with E-state index in [9.17, 15) is 4.79 Å². The highest BCUT2D eigenvalue weighted by molar-refractivity contribution is 6.02. The van der Waals surface area contributed by atoms with Crippen LogP contribution < -0.4 is 0 Å². The lowest BCUT2D eigenvalue weighted by molar-refractivity contribution is -0.139. The zero-order valence-corrected chi connectivity index (χ0v) is 13.7. The van der Waals surface area contributed by atoms with Crippen LogP contribution in [0.3, 0.4) is 0 Å². The van der Waals surface area contributed by atoms with E-state index in [0.29, 0.717) is 13.1 Å². The van der Waals surface area contributed by atoms with Crippen molar-refractivity contribution in [2.75, 3.05) is 13.1 Å². The van der Waals surface area contributed by atoms with Crippen LogP contribution >= 0.6 is 0 Å². The van der Waals surface area contributed by atoms with Gasteiger partial charge in [0.25, 0.3) is 0 Å². The molecule has 0 unspecified atom stereocenters. The number of carbonyl (C=O) groups excluding carboxylic acids is 1. The molecule has 0 aromatic heterocycles. The average molecular weight is 312 g/mol. The van der Waals surface area contributed by atoms with Gasteiger partial charge < -0.3 is 9.74 Å². The summed E-state index contributed by atoms with van der Waals surface area (Å²) in [6.07, 6.45) is 5.67. The molecule has 4 heteroatoms. The molecule has 1 aromatic carbocycles. The van der Waals surface area contributed by atoms with Gasteiger partial charge >= 0.3 is 0 Å². The van der Waals surface area contributed by atoms with Gasteiger partial charge in [0.1, 0.15) is 0 Å². The normalized spacial score (nSPS) is 20.4. The van der Waals surface area contributed by atoms with Crippen molar-refractivity contribution in [3.63, 3.8) is 0 Å². The number of benzene rings is 1. The molecule has 3 rings (SSSR count). The number of rotatable bonds is 6. The Labute approximate surface area is 137 Å². The van der Waals surface area contributed by atoms with Crippen LogP contribution in [0.25, 0.3) is 0 Å². The van der Waals surface area contributed by atoms with Crippen LogP contribution in [0, 0.1) is 12.8 Å². The molecule has 0 saturated heterocycles. The summed E-state index contributed by atoms with van der Waals surface area (Å²) in [5.74, 6) is 0.442. The molecule has 1 saturated carbocycles. The smallest absolute Gasteiger partial charge is 0.226 e. The second kappa shape index (κ2) is 6.99. The summed E-state index contributed by atoms with van der Waals surface area (Å²) < 4.78 is 0. The van der Waals surface area contributed by atoms with Gasteiger partial charge in [0.15, 0.2) is 6.10 Å². The fourth-order valence-corrected chi connectivity index (χ4v) is 3.15. The number of amides is 1. The van der Waals surface area contributed by atoms with Crippen LogP contribution in [-0.2, 0) is 9.63 Å². The molecule has 1 heterocycles. The molecule has 1 fully saturated rings. The molecule has 0 spiro atoms. The van der Waals surface area contributed by atoms with Crippen molar-refractivity contribution < 1.29 is 9.63 Å². The van der Waals surface area contributed by atoms with Gasteiger partial charge in [0.2, 0.25) is 5.91 Å². The van der Waals surface area contributed by atoms with Crippen molar-refractivity contribution in [3.05, 3.63) is 48.0 Å². The highest BCUT2D eigenvalue weighted by Gasteiger charge is 2.32. The van der Waals surface area contributed by atoms with Crippen molar-refractivity contribution in [2.24, 2.45) is 11.1 Å². The molecule has 122 valence electrons. The van der Waals surface area contributed by atoms with Gasteiger partial charge in [-0.05, 0) is 25.3 Å². The van der Waals surface area contributed by atoms with Gasteiger partial charge in [-0.1, -0.05) is 41.9 Å². The van der Waals surface area contributed by atoms with E-state index in [4.69, 9.17) is 4.84 Å². The molecule has 23 heavy (non-hydrogen) atoms. The van der Waals surface area contributed by atoms with E-state index in [-0.39, 0.29) is 17.9 Å². The zero-order chi connectivity index (χ0) is 16.2. The summed E-state index contributed by atoms with van der Waals surface area (Å²) in [5.41, 5.74) is 3.31. The second-order valence-corrected chi connectivity index (χ2v) is 6.44. The number of aryl methyl sites for hydroxylation is 1. The molecule has 0 radical (unpaired) electrons. The van der Waals surface area contributed by atoms with E-state index >= 15 is 0 Å². The van der Waals surface area contributed by atoms with Crippen LogP contribution in [0.15, 0.2) is 42.1 Å². The van der Waals surface area contributed by atoms with Crippen LogP contribution in [0.2, 0.25) is 0 Å². The van der Waals surface area contributed by atoms with Gasteiger partial charge in [-0.25, -0.2) is 0 Å². The van der Waals surface area contributed by atoms with Crippen molar-refractivity contribution in [1.82, 2.24) is 4.90 Å². The Morgan fingerprint density at radius 1 is 1.43 bits per heavy atom. The SMILES string of the molecule is C=CCN(C[C@H]1CC(c2ccccc2C)=NO1)C(=O)C1CCC1. The van der Waals surface area contributed by atoms with Crippen LogP contribution in [-0.4, -0.2) is 35.7 Å². The molecular weight excluding hydrogens is 288 g/mol. The number of hydrogen-bond donors (Lipinski definition) is 0. The van der Waals surface area contributed by atoms with Gasteiger partial charge in [0, 0.05) is 24.4 Å². The molecule has 1 amide bonds. The molecule has 4 nitrogen and oxygen atoms in total. The average Bonchev–Trinajstić information content (AvgIpc) is 2.94. The summed E-state index contributed by atoms with van der Waals surface area (Å²) >= 11 is 0. The van der Waals surface area contributed by atoms with E-state index in [2.05, 4.69) is 30.8 Å². The lowest BCUT2D eigenvalue weighted by Gasteiger charge is -2.32. The number of oxime groups is 1. The van der Waals surface area contributed by atoms with Gasteiger partial charge in [-0.15, -0.1) is 6.58 Å². The van der Waals surface area contributed by atoms with Gasteiger partial charge in [-0.2, -0.15) is 0 Å². The van der Waals surface area contributed by atoms with Crippen molar-refractivity contribution >= 4 is 11.6 Å². The highest BCUT2D eigenvalue weighted by Crippen LogP contribution is 2.29. The predicted octanol–water partition coefficient (Wildman–Crippen LogP) is 3.30. The first-order valence-electron chi connectivity index (χ1n) is 8.37. The first kappa shape index (κ1) is 15.8. The largest absolute Gasteiger partial charge is 0.390 e. The minimum atomic E-state index is -0.0615. The molecule has 2 aliphatic rings. The van der Waals surface area contributed by atoms with E-state index in [0.717, 1.165) is 30.5 Å². The molecule has 1 atom stereocenters. The van der Waals surface area contributed by atoms with E-state index in [1.54, 1.807) is 6.08 Å². The monoisotopic (exact) mass is 312 g/mol. The second-order valence-electron chi connectivity index (χ2n) is 6.44. The predicted molar refractivity (Wildman–Crippen MR) is 91.3 cm³/mol. The molecule has 1 aromatic rings. The standard InChI is InChI=1S/C19H24N2O2/c1-3-11-21(19(22)15-8-6-9-15)13-16-12-18(20-23-16)17-10-5-4-7-14(17)2/h3-5,7,10,15-16H,1,6,8-9,11-13H2,2H3/t16-/m1/s1. The minimum absolute atomic E-state index is 0.0615. The highest BCUT2D eigenvalue weighted by atomic mass is 16.6. The molecule has 1 aliphatic heterocycles. The van der Waals surface area contributed by atoms with Crippen LogP contribution in [0.4, 0.5) is 0 Å².